The Morgan fingerprint density at radius 1 is 1.16 bits per heavy atom. The van der Waals surface area contributed by atoms with E-state index in [2.05, 4.69) is 22.3 Å². The summed E-state index contributed by atoms with van der Waals surface area (Å²) in [6.45, 7) is 1.56. The van der Waals surface area contributed by atoms with E-state index >= 15 is 0 Å². The van der Waals surface area contributed by atoms with E-state index < -0.39 is 5.97 Å². The number of amides is 1. The molecular formula is C24H25N3O5. The summed E-state index contributed by atoms with van der Waals surface area (Å²) in [6, 6.07) is 14.7. The second kappa shape index (κ2) is 9.64. The zero-order valence-electron chi connectivity index (χ0n) is 18.1. The third-order valence-electron chi connectivity index (χ3n) is 5.55. The molecule has 2 aromatic carbocycles. The van der Waals surface area contributed by atoms with Gasteiger partial charge in [0.25, 0.3) is 5.91 Å². The molecule has 0 saturated heterocycles. The molecule has 1 aliphatic carbocycles. The van der Waals surface area contributed by atoms with Crippen LogP contribution in [0.2, 0.25) is 0 Å². The van der Waals surface area contributed by atoms with Crippen LogP contribution >= 0.6 is 0 Å². The van der Waals surface area contributed by atoms with Crippen LogP contribution < -0.4 is 4.74 Å². The van der Waals surface area contributed by atoms with Crippen LogP contribution in [0.3, 0.4) is 0 Å². The lowest BCUT2D eigenvalue weighted by Crippen LogP contribution is -2.36. The van der Waals surface area contributed by atoms with Crippen LogP contribution in [0, 0.1) is 6.92 Å². The molecule has 0 spiro atoms. The topological polar surface area (TPSA) is 94.8 Å². The first-order valence-corrected chi connectivity index (χ1v) is 10.5. The molecule has 32 heavy (non-hydrogen) atoms. The second-order valence-corrected chi connectivity index (χ2v) is 7.73. The molecule has 1 unspecified atom stereocenters. The van der Waals surface area contributed by atoms with Crippen molar-refractivity contribution >= 4 is 11.9 Å². The summed E-state index contributed by atoms with van der Waals surface area (Å²) in [5.41, 5.74) is 2.79. The summed E-state index contributed by atoms with van der Waals surface area (Å²) in [7, 11) is 1.76. The molecule has 1 heterocycles. The maximum absolute atomic E-state index is 12.7. The predicted molar refractivity (Wildman–Crippen MR) is 115 cm³/mol. The van der Waals surface area contributed by atoms with Crippen molar-refractivity contribution in [2.45, 2.75) is 38.8 Å². The van der Waals surface area contributed by atoms with Crippen LogP contribution in [0.4, 0.5) is 0 Å². The van der Waals surface area contributed by atoms with Gasteiger partial charge < -0.3 is 18.9 Å². The highest BCUT2D eigenvalue weighted by Gasteiger charge is 2.27. The molecule has 0 saturated carbocycles. The lowest BCUT2D eigenvalue weighted by atomic mass is 9.87. The van der Waals surface area contributed by atoms with Gasteiger partial charge in [-0.25, -0.2) is 4.79 Å². The monoisotopic (exact) mass is 435 g/mol. The average molecular weight is 435 g/mol. The first-order valence-electron chi connectivity index (χ1n) is 10.5. The van der Waals surface area contributed by atoms with Crippen molar-refractivity contribution in [3.63, 3.8) is 0 Å². The summed E-state index contributed by atoms with van der Waals surface area (Å²) < 4.78 is 15.7. The van der Waals surface area contributed by atoms with Gasteiger partial charge in [0.05, 0.1) is 11.6 Å². The fourth-order valence-electron chi connectivity index (χ4n) is 3.85. The summed E-state index contributed by atoms with van der Waals surface area (Å²) in [5.74, 6) is 0.672. The third kappa shape index (κ3) is 4.96. The molecule has 1 amide bonds. The van der Waals surface area contributed by atoms with Gasteiger partial charge in [-0.2, -0.15) is 4.98 Å². The molecule has 4 rings (SSSR count). The first kappa shape index (κ1) is 21.5. The number of ether oxygens (including phenoxy) is 2. The van der Waals surface area contributed by atoms with E-state index in [1.807, 2.05) is 12.1 Å². The molecule has 0 bridgehead atoms. The number of carbonyl (C=O) groups is 2. The fourth-order valence-corrected chi connectivity index (χ4v) is 3.85. The molecule has 0 radical (unpaired) electrons. The molecule has 8 heteroatoms. The van der Waals surface area contributed by atoms with Crippen LogP contribution in [0.1, 0.15) is 52.1 Å². The minimum Gasteiger partial charge on any atom is -0.485 e. The van der Waals surface area contributed by atoms with E-state index in [-0.39, 0.29) is 25.2 Å². The maximum atomic E-state index is 12.7. The van der Waals surface area contributed by atoms with Crippen LogP contribution in [0.25, 0.3) is 0 Å². The predicted octanol–water partition coefficient (Wildman–Crippen LogP) is 3.65. The van der Waals surface area contributed by atoms with Crippen LogP contribution in [-0.2, 0) is 22.6 Å². The van der Waals surface area contributed by atoms with E-state index in [4.69, 9.17) is 14.0 Å². The zero-order valence-corrected chi connectivity index (χ0v) is 18.1. The zero-order chi connectivity index (χ0) is 22.5. The number of fused-ring (bicyclic) bond motifs is 1. The molecule has 1 aromatic heterocycles. The normalized spacial score (nSPS) is 15.0. The standard InChI is InChI=1S/C24H25N3O5/c1-16-25-22(26-32-16)14-30-19-12-10-18(11-13-19)24(29)31-15-23(28)27(2)21-9-5-7-17-6-3-4-8-20(17)21/h3-4,6,8,10-13,21H,5,7,9,14-15H2,1-2H3. The summed E-state index contributed by atoms with van der Waals surface area (Å²) in [5, 5.41) is 3.76. The first-order chi connectivity index (χ1) is 15.5. The van der Waals surface area contributed by atoms with E-state index in [0.29, 0.717) is 23.0 Å². The van der Waals surface area contributed by atoms with Gasteiger partial charge in [0.2, 0.25) is 11.7 Å². The van der Waals surface area contributed by atoms with Crippen molar-refractivity contribution in [3.05, 3.63) is 76.9 Å². The quantitative estimate of drug-likeness (QED) is 0.523. The Morgan fingerprint density at radius 3 is 2.69 bits per heavy atom. The number of rotatable bonds is 7. The van der Waals surface area contributed by atoms with E-state index in [9.17, 15) is 9.59 Å². The molecular weight excluding hydrogens is 410 g/mol. The minimum absolute atomic E-state index is 0.00517. The lowest BCUT2D eigenvalue weighted by molar-refractivity contribution is -0.135. The van der Waals surface area contributed by atoms with Crippen molar-refractivity contribution in [3.8, 4) is 5.75 Å². The number of aryl methyl sites for hydroxylation is 2. The maximum Gasteiger partial charge on any atom is 0.338 e. The van der Waals surface area contributed by atoms with Gasteiger partial charge in [-0.3, -0.25) is 4.79 Å². The number of hydrogen-bond acceptors (Lipinski definition) is 7. The Kier molecular flexibility index (Phi) is 6.49. The Balaban J connectivity index is 1.29. The van der Waals surface area contributed by atoms with Gasteiger partial charge in [-0.1, -0.05) is 29.4 Å². The second-order valence-electron chi connectivity index (χ2n) is 7.73. The van der Waals surface area contributed by atoms with E-state index in [0.717, 1.165) is 19.3 Å². The molecule has 0 aliphatic heterocycles. The summed E-state index contributed by atoms with van der Waals surface area (Å²) in [4.78, 5) is 30.8. The fraction of sp³-hybridized carbons (Fsp3) is 0.333. The molecule has 0 N–H and O–H groups in total. The van der Waals surface area contributed by atoms with Crippen LogP contribution in [0.5, 0.6) is 5.75 Å². The molecule has 8 nitrogen and oxygen atoms in total. The molecule has 1 aliphatic rings. The van der Waals surface area contributed by atoms with Gasteiger partial charge >= 0.3 is 5.97 Å². The van der Waals surface area contributed by atoms with Gasteiger partial charge in [-0.15, -0.1) is 0 Å². The van der Waals surface area contributed by atoms with Gasteiger partial charge in [-0.05, 0) is 54.7 Å². The number of aromatic nitrogens is 2. The van der Waals surface area contributed by atoms with Gasteiger partial charge in [0.1, 0.15) is 5.75 Å². The number of carbonyl (C=O) groups excluding carboxylic acids is 2. The van der Waals surface area contributed by atoms with Crippen molar-refractivity contribution in [1.29, 1.82) is 0 Å². The Morgan fingerprint density at radius 2 is 1.94 bits per heavy atom. The SMILES string of the molecule is Cc1nc(COc2ccc(C(=O)OCC(=O)N(C)C3CCCc4ccccc43)cc2)no1. The highest BCUT2D eigenvalue weighted by Crippen LogP contribution is 2.33. The van der Waals surface area contributed by atoms with Crippen LogP contribution in [0.15, 0.2) is 53.1 Å². The summed E-state index contributed by atoms with van der Waals surface area (Å²) in [6.07, 6.45) is 2.95. The van der Waals surface area contributed by atoms with Crippen LogP contribution in [-0.4, -0.2) is 40.6 Å². The highest BCUT2D eigenvalue weighted by atomic mass is 16.5. The molecule has 166 valence electrons. The van der Waals surface area contributed by atoms with Crippen molar-refractivity contribution in [1.82, 2.24) is 15.0 Å². The Bertz CT molecular complexity index is 1090. The number of likely N-dealkylation sites (N-methyl/N-ethyl adjacent to an activating group) is 1. The van der Waals surface area contributed by atoms with Crippen molar-refractivity contribution < 1.29 is 23.6 Å². The molecule has 1 atom stereocenters. The number of hydrogen-bond donors (Lipinski definition) is 0. The minimum atomic E-state index is -0.559. The van der Waals surface area contributed by atoms with Gasteiger partial charge in [0.15, 0.2) is 13.2 Å². The smallest absolute Gasteiger partial charge is 0.338 e. The lowest BCUT2D eigenvalue weighted by Gasteiger charge is -2.33. The van der Waals surface area contributed by atoms with Crippen molar-refractivity contribution in [2.75, 3.05) is 13.7 Å². The third-order valence-corrected chi connectivity index (χ3v) is 5.55. The largest absolute Gasteiger partial charge is 0.485 e. The average Bonchev–Trinajstić information content (AvgIpc) is 3.25. The highest BCUT2D eigenvalue weighted by molar-refractivity contribution is 5.91. The number of benzene rings is 2. The van der Waals surface area contributed by atoms with E-state index in [1.54, 1.807) is 43.1 Å². The Hall–Kier alpha value is -3.68. The van der Waals surface area contributed by atoms with Crippen molar-refractivity contribution in [2.24, 2.45) is 0 Å². The Labute approximate surface area is 186 Å². The number of nitrogens with zero attached hydrogens (tertiary/aromatic N) is 3. The van der Waals surface area contributed by atoms with E-state index in [1.165, 1.54) is 11.1 Å². The molecule has 0 fully saturated rings. The summed E-state index contributed by atoms with van der Waals surface area (Å²) >= 11 is 0. The molecule has 3 aromatic rings. The van der Waals surface area contributed by atoms with Gasteiger partial charge in [0, 0.05) is 14.0 Å². The number of esters is 1.